The number of carboxylic acid groups (broad SMARTS) is 1. The van der Waals surface area contributed by atoms with E-state index in [-0.39, 0.29) is 22.9 Å². The van der Waals surface area contributed by atoms with Crippen molar-refractivity contribution in [2.45, 2.75) is 18.9 Å². The second-order valence-corrected chi connectivity index (χ2v) is 2.43. The van der Waals surface area contributed by atoms with Gasteiger partial charge in [0.2, 0.25) is 0 Å². The number of halogens is 1. The zero-order chi connectivity index (χ0) is 9.56. The van der Waals surface area contributed by atoms with E-state index in [0.717, 1.165) is 0 Å². The van der Waals surface area contributed by atoms with Crippen LogP contribution in [0.1, 0.15) is 12.8 Å². The largest absolute Gasteiger partial charge is 0.480 e. The highest BCUT2D eigenvalue weighted by molar-refractivity contribution is 8.93. The maximum absolute atomic E-state index is 10.2. The van der Waals surface area contributed by atoms with Crippen LogP contribution < -0.4 is 16.8 Å². The minimum Gasteiger partial charge on any atom is -0.480 e. The lowest BCUT2D eigenvalue weighted by atomic mass is 10.2. The summed E-state index contributed by atoms with van der Waals surface area (Å²) in [5, 5.41) is 17.7. The third-order valence-electron chi connectivity index (χ3n) is 1.32. The number of carbonyl (C=O) groups is 1. The van der Waals surface area contributed by atoms with Crippen molar-refractivity contribution in [3.8, 4) is 0 Å². The predicted molar refractivity (Wildman–Crippen MR) is 55.1 cm³/mol. The first-order chi connectivity index (χ1) is 5.54. The zero-order valence-corrected chi connectivity index (χ0v) is 8.83. The monoisotopic (exact) mass is 254 g/mol. The maximum atomic E-state index is 10.2. The fraction of sp³-hybridized carbons (Fsp3) is 0.667. The summed E-state index contributed by atoms with van der Waals surface area (Å²) in [6.45, 7) is 0.482. The average molecular weight is 255 g/mol. The van der Waals surface area contributed by atoms with Gasteiger partial charge in [-0.15, -0.1) is 17.0 Å². The van der Waals surface area contributed by atoms with E-state index in [4.69, 9.17) is 22.0 Å². The smallest absolute Gasteiger partial charge is 0.320 e. The van der Waals surface area contributed by atoms with Crippen molar-refractivity contribution in [1.82, 2.24) is 5.32 Å². The fourth-order valence-electron chi connectivity index (χ4n) is 0.669. The van der Waals surface area contributed by atoms with Crippen molar-refractivity contribution in [3.63, 3.8) is 0 Å². The molecule has 0 aromatic rings. The lowest BCUT2D eigenvalue weighted by Crippen LogP contribution is -2.34. The molecule has 6 nitrogen and oxygen atoms in total. The zero-order valence-electron chi connectivity index (χ0n) is 7.12. The molecule has 78 valence electrons. The van der Waals surface area contributed by atoms with Crippen molar-refractivity contribution >= 4 is 28.9 Å². The Morgan fingerprint density at radius 3 is 2.54 bits per heavy atom. The Bertz CT molecular complexity index is 176. The summed E-state index contributed by atoms with van der Waals surface area (Å²) in [7, 11) is 0. The SMILES string of the molecule is Br.N=C(N)NCCC[C@H](N)C(=O)O. The molecule has 1 atom stereocenters. The van der Waals surface area contributed by atoms with Crippen LogP contribution in [-0.4, -0.2) is 29.6 Å². The van der Waals surface area contributed by atoms with Gasteiger partial charge in [-0.2, -0.15) is 0 Å². The van der Waals surface area contributed by atoms with E-state index < -0.39 is 12.0 Å². The van der Waals surface area contributed by atoms with E-state index in [0.29, 0.717) is 19.4 Å². The van der Waals surface area contributed by atoms with Crippen molar-refractivity contribution in [2.75, 3.05) is 6.54 Å². The van der Waals surface area contributed by atoms with Crippen LogP contribution in [0.2, 0.25) is 0 Å². The number of nitrogens with two attached hydrogens (primary N) is 2. The molecule has 0 fully saturated rings. The highest BCUT2D eigenvalue weighted by Crippen LogP contribution is 1.92. The van der Waals surface area contributed by atoms with Gasteiger partial charge in [0.1, 0.15) is 6.04 Å². The summed E-state index contributed by atoms with van der Waals surface area (Å²) in [4.78, 5) is 10.2. The van der Waals surface area contributed by atoms with Gasteiger partial charge in [0, 0.05) is 6.54 Å². The fourth-order valence-corrected chi connectivity index (χ4v) is 0.669. The Labute approximate surface area is 86.9 Å². The van der Waals surface area contributed by atoms with Crippen molar-refractivity contribution in [1.29, 1.82) is 5.41 Å². The molecule has 0 saturated heterocycles. The van der Waals surface area contributed by atoms with E-state index in [1.165, 1.54) is 0 Å². The van der Waals surface area contributed by atoms with E-state index in [2.05, 4.69) is 5.32 Å². The molecule has 0 saturated carbocycles. The lowest BCUT2D eigenvalue weighted by Gasteiger charge is -2.06. The molecule has 7 heteroatoms. The molecule has 0 radical (unpaired) electrons. The van der Waals surface area contributed by atoms with E-state index in [9.17, 15) is 4.79 Å². The molecule has 0 aliphatic rings. The van der Waals surface area contributed by atoms with Crippen molar-refractivity contribution in [3.05, 3.63) is 0 Å². The van der Waals surface area contributed by atoms with E-state index >= 15 is 0 Å². The summed E-state index contributed by atoms with van der Waals surface area (Å²) in [5.41, 5.74) is 10.2. The summed E-state index contributed by atoms with van der Waals surface area (Å²) in [6.07, 6.45) is 0.975. The predicted octanol–water partition coefficient (Wildman–Crippen LogP) is -0.761. The second kappa shape index (κ2) is 7.81. The average Bonchev–Trinajstić information content (AvgIpc) is 1.97. The highest BCUT2D eigenvalue weighted by Gasteiger charge is 2.09. The van der Waals surface area contributed by atoms with Gasteiger partial charge in [-0.3, -0.25) is 10.2 Å². The van der Waals surface area contributed by atoms with E-state index in [1.54, 1.807) is 0 Å². The van der Waals surface area contributed by atoms with Crippen LogP contribution in [0, 0.1) is 5.41 Å². The van der Waals surface area contributed by atoms with Crippen molar-refractivity contribution in [2.24, 2.45) is 11.5 Å². The number of hydrogen-bond acceptors (Lipinski definition) is 3. The van der Waals surface area contributed by atoms with Crippen molar-refractivity contribution < 1.29 is 9.90 Å². The molecule has 0 bridgehead atoms. The Hall–Kier alpha value is -0.820. The van der Waals surface area contributed by atoms with Crippen LogP contribution >= 0.6 is 17.0 Å². The van der Waals surface area contributed by atoms with E-state index in [1.807, 2.05) is 0 Å². The van der Waals surface area contributed by atoms with Crippen LogP contribution in [0.15, 0.2) is 0 Å². The Kier molecular flexibility index (Phi) is 8.83. The molecule has 0 heterocycles. The van der Waals surface area contributed by atoms with Gasteiger partial charge in [-0.05, 0) is 12.8 Å². The van der Waals surface area contributed by atoms with Crippen LogP contribution in [0.3, 0.4) is 0 Å². The third-order valence-corrected chi connectivity index (χ3v) is 1.32. The number of rotatable bonds is 5. The summed E-state index contributed by atoms with van der Waals surface area (Å²) in [5.74, 6) is -1.11. The quantitative estimate of drug-likeness (QED) is 0.251. The highest BCUT2D eigenvalue weighted by atomic mass is 79.9. The molecule has 0 unspecified atom stereocenters. The van der Waals surface area contributed by atoms with Gasteiger partial charge in [-0.25, -0.2) is 0 Å². The Morgan fingerprint density at radius 1 is 1.62 bits per heavy atom. The lowest BCUT2D eigenvalue weighted by molar-refractivity contribution is -0.138. The van der Waals surface area contributed by atoms with Crippen LogP contribution in [0.25, 0.3) is 0 Å². The molecule has 0 aliphatic carbocycles. The molecule has 13 heavy (non-hydrogen) atoms. The number of hydrogen-bond donors (Lipinski definition) is 5. The third kappa shape index (κ3) is 9.09. The molecule has 0 spiro atoms. The number of carboxylic acids is 1. The Balaban J connectivity index is 0. The summed E-state index contributed by atoms with van der Waals surface area (Å²) < 4.78 is 0. The van der Waals surface area contributed by atoms with Gasteiger partial charge in [0.05, 0.1) is 0 Å². The first-order valence-corrected chi connectivity index (χ1v) is 3.60. The first kappa shape index (κ1) is 14.7. The van der Waals surface area contributed by atoms with Crippen LogP contribution in [-0.2, 0) is 4.79 Å². The normalized spacial score (nSPS) is 11.2. The summed E-state index contributed by atoms with van der Waals surface area (Å²) in [6, 6.07) is -0.821. The topological polar surface area (TPSA) is 125 Å². The number of nitrogens with one attached hydrogen (secondary N) is 2. The summed E-state index contributed by atoms with van der Waals surface area (Å²) >= 11 is 0. The molecule has 0 aliphatic heterocycles. The molecular formula is C6H15BrN4O2. The van der Waals surface area contributed by atoms with Gasteiger partial charge < -0.3 is 21.9 Å². The molecule has 0 amide bonds. The van der Waals surface area contributed by atoms with Gasteiger partial charge in [-0.1, -0.05) is 0 Å². The molecular weight excluding hydrogens is 240 g/mol. The molecule has 0 aromatic heterocycles. The minimum atomic E-state index is -1.00. The minimum absolute atomic E-state index is 0. The standard InChI is InChI=1S/C6H14N4O2.BrH/c7-4(5(11)12)2-1-3-10-6(8)9;/h4H,1-3,7H2,(H,11,12)(H4,8,9,10);1H/t4-;/m0./s1. The van der Waals surface area contributed by atoms with Crippen LogP contribution in [0.4, 0.5) is 0 Å². The maximum Gasteiger partial charge on any atom is 0.320 e. The number of guanidine groups is 1. The molecule has 7 N–H and O–H groups in total. The van der Waals surface area contributed by atoms with Crippen LogP contribution in [0.5, 0.6) is 0 Å². The molecule has 0 rings (SSSR count). The number of aliphatic carboxylic acids is 1. The van der Waals surface area contributed by atoms with Gasteiger partial charge >= 0.3 is 5.97 Å². The Morgan fingerprint density at radius 2 is 2.15 bits per heavy atom. The van der Waals surface area contributed by atoms with Gasteiger partial charge in [0.25, 0.3) is 0 Å². The second-order valence-electron chi connectivity index (χ2n) is 2.43. The molecule has 0 aromatic carbocycles. The van der Waals surface area contributed by atoms with Gasteiger partial charge in [0.15, 0.2) is 5.96 Å². The first-order valence-electron chi connectivity index (χ1n) is 3.60.